The van der Waals surface area contributed by atoms with Crippen LogP contribution in [0.1, 0.15) is 44.9 Å². The van der Waals surface area contributed by atoms with E-state index in [2.05, 4.69) is 34.1 Å². The van der Waals surface area contributed by atoms with Gasteiger partial charge in [-0.1, -0.05) is 31.5 Å². The first-order valence-electron chi connectivity index (χ1n) is 6.98. The van der Waals surface area contributed by atoms with E-state index < -0.39 is 0 Å². The Morgan fingerprint density at radius 2 is 2.11 bits per heavy atom. The second-order valence-corrected chi connectivity index (χ2v) is 6.30. The summed E-state index contributed by atoms with van der Waals surface area (Å²) >= 11 is 1.90. The minimum Gasteiger partial charge on any atom is -0.313 e. The fraction of sp³-hybridized carbons (Fsp3) is 0.846. The number of nitrogens with zero attached hydrogens (tertiary/aromatic N) is 3. The van der Waals surface area contributed by atoms with Crippen LogP contribution in [0.4, 0.5) is 0 Å². The van der Waals surface area contributed by atoms with Crippen LogP contribution in [-0.2, 0) is 7.05 Å². The van der Waals surface area contributed by atoms with E-state index in [4.69, 9.17) is 0 Å². The first-order valence-corrected chi connectivity index (χ1v) is 7.86. The minimum atomic E-state index is 0.640. The lowest BCUT2D eigenvalue weighted by Crippen LogP contribution is -2.40. The maximum absolute atomic E-state index is 4.27. The molecule has 1 fully saturated rings. The molecule has 0 spiro atoms. The Balaban J connectivity index is 1.98. The van der Waals surface area contributed by atoms with Crippen molar-refractivity contribution in [3.8, 4) is 0 Å². The van der Waals surface area contributed by atoms with Crippen LogP contribution in [0.5, 0.6) is 0 Å². The van der Waals surface area contributed by atoms with Crippen molar-refractivity contribution < 1.29 is 0 Å². The maximum atomic E-state index is 4.27. The lowest BCUT2D eigenvalue weighted by molar-refractivity contribution is 0.384. The van der Waals surface area contributed by atoms with Crippen LogP contribution in [0, 0.1) is 6.92 Å². The van der Waals surface area contributed by atoms with E-state index in [0.717, 1.165) is 17.5 Å². The molecule has 4 nitrogen and oxygen atoms in total. The predicted molar refractivity (Wildman–Crippen MR) is 75.9 cm³/mol. The lowest BCUT2D eigenvalue weighted by Gasteiger charge is -2.31. The van der Waals surface area contributed by atoms with Crippen molar-refractivity contribution in [2.75, 3.05) is 6.54 Å². The zero-order chi connectivity index (χ0) is 13.0. The Labute approximate surface area is 114 Å². The largest absolute Gasteiger partial charge is 0.313 e. The van der Waals surface area contributed by atoms with Gasteiger partial charge in [0.05, 0.1) is 0 Å². The van der Waals surface area contributed by atoms with Gasteiger partial charge in [0.2, 0.25) is 0 Å². The van der Waals surface area contributed by atoms with E-state index in [1.165, 1.54) is 32.1 Å². The molecule has 18 heavy (non-hydrogen) atoms. The van der Waals surface area contributed by atoms with Crippen molar-refractivity contribution in [3.63, 3.8) is 0 Å². The number of aryl methyl sites for hydroxylation is 1. The zero-order valence-electron chi connectivity index (χ0n) is 11.6. The third-order valence-electron chi connectivity index (χ3n) is 3.67. The molecular formula is C13H24N4S. The summed E-state index contributed by atoms with van der Waals surface area (Å²) in [6.45, 7) is 5.36. The van der Waals surface area contributed by atoms with Crippen LogP contribution in [0.3, 0.4) is 0 Å². The minimum absolute atomic E-state index is 0.640. The number of nitrogens with one attached hydrogen (secondary N) is 1. The summed E-state index contributed by atoms with van der Waals surface area (Å²) in [6.07, 6.45) is 6.50. The summed E-state index contributed by atoms with van der Waals surface area (Å²) in [5.41, 5.74) is 0. The molecule has 1 aliphatic rings. The molecule has 0 radical (unpaired) electrons. The Kier molecular flexibility index (Phi) is 5.06. The fourth-order valence-corrected chi connectivity index (χ4v) is 3.76. The smallest absolute Gasteiger partial charge is 0.191 e. The molecule has 1 aromatic heterocycles. The highest BCUT2D eigenvalue weighted by Gasteiger charge is 2.26. The molecule has 0 saturated heterocycles. The van der Waals surface area contributed by atoms with Gasteiger partial charge in [0.1, 0.15) is 5.82 Å². The summed E-state index contributed by atoms with van der Waals surface area (Å²) in [4.78, 5) is 0. The molecule has 1 aromatic rings. The van der Waals surface area contributed by atoms with E-state index in [-0.39, 0.29) is 0 Å². The number of aromatic nitrogens is 3. The number of hydrogen-bond donors (Lipinski definition) is 1. The highest BCUT2D eigenvalue weighted by atomic mass is 32.2. The molecule has 0 bridgehead atoms. The molecule has 2 atom stereocenters. The van der Waals surface area contributed by atoms with E-state index in [0.29, 0.717) is 11.3 Å². The third-order valence-corrected chi connectivity index (χ3v) is 5.10. The van der Waals surface area contributed by atoms with Crippen molar-refractivity contribution in [1.82, 2.24) is 20.1 Å². The third kappa shape index (κ3) is 3.26. The molecule has 0 amide bonds. The zero-order valence-corrected chi connectivity index (χ0v) is 12.5. The van der Waals surface area contributed by atoms with Crippen molar-refractivity contribution in [2.45, 2.75) is 62.4 Å². The molecule has 2 unspecified atom stereocenters. The maximum Gasteiger partial charge on any atom is 0.191 e. The van der Waals surface area contributed by atoms with Crippen molar-refractivity contribution in [1.29, 1.82) is 0 Å². The van der Waals surface area contributed by atoms with E-state index >= 15 is 0 Å². The highest BCUT2D eigenvalue weighted by Crippen LogP contribution is 2.32. The quantitative estimate of drug-likeness (QED) is 0.891. The Morgan fingerprint density at radius 3 is 2.78 bits per heavy atom. The van der Waals surface area contributed by atoms with Gasteiger partial charge in [0.25, 0.3) is 0 Å². The van der Waals surface area contributed by atoms with Crippen LogP contribution < -0.4 is 5.32 Å². The van der Waals surface area contributed by atoms with Gasteiger partial charge in [-0.05, 0) is 32.7 Å². The second-order valence-electron chi connectivity index (χ2n) is 5.09. The molecule has 0 aromatic carbocycles. The second kappa shape index (κ2) is 6.57. The number of thioether (sulfide) groups is 1. The number of hydrogen-bond acceptors (Lipinski definition) is 4. The van der Waals surface area contributed by atoms with Gasteiger partial charge >= 0.3 is 0 Å². The number of rotatable bonds is 5. The van der Waals surface area contributed by atoms with Crippen molar-refractivity contribution in [2.24, 2.45) is 7.05 Å². The van der Waals surface area contributed by atoms with E-state index in [1.807, 2.05) is 18.7 Å². The normalized spacial score (nSPS) is 24.4. The van der Waals surface area contributed by atoms with Crippen LogP contribution >= 0.6 is 11.8 Å². The standard InChI is InChI=1S/C13H24N4S/c1-4-9-14-11-7-5-6-8-12(11)18-13-16-15-10(2)17(13)3/h11-12,14H,4-9H2,1-3H3. The SMILES string of the molecule is CCCNC1CCCCC1Sc1nnc(C)n1C. The molecule has 1 heterocycles. The molecule has 102 valence electrons. The Hall–Kier alpha value is -0.550. The Bertz CT molecular complexity index is 377. The van der Waals surface area contributed by atoms with Gasteiger partial charge < -0.3 is 9.88 Å². The monoisotopic (exact) mass is 268 g/mol. The first-order chi connectivity index (χ1) is 8.72. The fourth-order valence-electron chi connectivity index (χ4n) is 2.43. The van der Waals surface area contributed by atoms with Gasteiger partial charge in [-0.25, -0.2) is 0 Å². The van der Waals surface area contributed by atoms with Crippen LogP contribution in [0.2, 0.25) is 0 Å². The van der Waals surface area contributed by atoms with Gasteiger partial charge in [-0.3, -0.25) is 0 Å². The van der Waals surface area contributed by atoms with Crippen molar-refractivity contribution in [3.05, 3.63) is 5.82 Å². The molecular weight excluding hydrogens is 244 g/mol. The van der Waals surface area contributed by atoms with E-state index in [9.17, 15) is 0 Å². The van der Waals surface area contributed by atoms with Gasteiger partial charge in [0, 0.05) is 18.3 Å². The van der Waals surface area contributed by atoms with Gasteiger partial charge in [-0.2, -0.15) is 0 Å². The topological polar surface area (TPSA) is 42.7 Å². The van der Waals surface area contributed by atoms with Crippen LogP contribution in [0.25, 0.3) is 0 Å². The highest BCUT2D eigenvalue weighted by molar-refractivity contribution is 7.99. The lowest BCUT2D eigenvalue weighted by atomic mass is 9.95. The van der Waals surface area contributed by atoms with Gasteiger partial charge in [0.15, 0.2) is 5.16 Å². The molecule has 1 saturated carbocycles. The summed E-state index contributed by atoms with van der Waals surface area (Å²) in [5, 5.41) is 13.8. The van der Waals surface area contributed by atoms with Crippen LogP contribution in [0.15, 0.2) is 5.16 Å². The molecule has 1 aliphatic carbocycles. The molecule has 2 rings (SSSR count). The van der Waals surface area contributed by atoms with Gasteiger partial charge in [-0.15, -0.1) is 10.2 Å². The van der Waals surface area contributed by atoms with E-state index in [1.54, 1.807) is 0 Å². The predicted octanol–water partition coefficient (Wildman–Crippen LogP) is 2.53. The molecule has 5 heteroatoms. The summed E-state index contributed by atoms with van der Waals surface area (Å²) in [7, 11) is 2.05. The average Bonchev–Trinajstić information content (AvgIpc) is 2.70. The molecule has 0 aliphatic heterocycles. The molecule has 1 N–H and O–H groups in total. The summed E-state index contributed by atoms with van der Waals surface area (Å²) in [6, 6.07) is 0.640. The van der Waals surface area contributed by atoms with Crippen LogP contribution in [-0.4, -0.2) is 32.6 Å². The average molecular weight is 268 g/mol. The first kappa shape index (κ1) is 13.9. The van der Waals surface area contributed by atoms with Crippen molar-refractivity contribution >= 4 is 11.8 Å². The summed E-state index contributed by atoms with van der Waals surface area (Å²) in [5.74, 6) is 0.992. The summed E-state index contributed by atoms with van der Waals surface area (Å²) < 4.78 is 2.09. The Morgan fingerprint density at radius 1 is 1.33 bits per heavy atom.